The topological polar surface area (TPSA) is 39.1 Å². The van der Waals surface area contributed by atoms with Crippen LogP contribution in [0.4, 0.5) is 0 Å². The predicted molar refractivity (Wildman–Crippen MR) is 86.5 cm³/mol. The number of nitrogens with one attached hydrogen (secondary N) is 1. The van der Waals surface area contributed by atoms with Crippen LogP contribution in [-0.4, -0.2) is 28.2 Å². The molecule has 2 heterocycles. The first-order valence-electron chi connectivity index (χ1n) is 9.13. The molecule has 0 unspecified atom stereocenters. The first-order valence-corrected chi connectivity index (χ1v) is 9.13. The van der Waals surface area contributed by atoms with Crippen molar-refractivity contribution in [3.8, 4) is 0 Å². The van der Waals surface area contributed by atoms with Crippen LogP contribution in [0, 0.1) is 11.8 Å². The summed E-state index contributed by atoms with van der Waals surface area (Å²) in [6.07, 6.45) is 15.0. The van der Waals surface area contributed by atoms with Gasteiger partial charge in [0, 0.05) is 25.7 Å². The molecule has 0 spiro atoms. The van der Waals surface area contributed by atoms with Crippen LogP contribution < -0.4 is 5.32 Å². The fourth-order valence-corrected chi connectivity index (χ4v) is 4.54. The van der Waals surface area contributed by atoms with Crippen LogP contribution in [0.2, 0.25) is 0 Å². The minimum atomic E-state index is 0.210. The van der Waals surface area contributed by atoms with Crippen molar-refractivity contribution in [1.82, 2.24) is 14.9 Å². The molecular weight excluding hydrogens is 274 g/mol. The van der Waals surface area contributed by atoms with E-state index in [4.69, 9.17) is 4.74 Å². The molecule has 4 rings (SSSR count). The zero-order valence-electron chi connectivity index (χ0n) is 13.7. The number of rotatable bonds is 4. The summed E-state index contributed by atoms with van der Waals surface area (Å²) in [4.78, 5) is 4.24. The molecule has 1 saturated heterocycles. The number of ether oxygens (including phenoxy) is 1. The van der Waals surface area contributed by atoms with Crippen molar-refractivity contribution < 1.29 is 4.74 Å². The van der Waals surface area contributed by atoms with Crippen molar-refractivity contribution in [2.24, 2.45) is 18.9 Å². The Morgan fingerprint density at radius 2 is 1.95 bits per heavy atom. The molecular formula is C18H29N3O. The highest BCUT2D eigenvalue weighted by atomic mass is 16.5. The number of hydrogen-bond acceptors (Lipinski definition) is 3. The van der Waals surface area contributed by atoms with E-state index in [1.165, 1.54) is 44.2 Å². The zero-order chi connectivity index (χ0) is 14.9. The van der Waals surface area contributed by atoms with E-state index >= 15 is 0 Å². The lowest BCUT2D eigenvalue weighted by molar-refractivity contribution is -0.00707. The summed E-state index contributed by atoms with van der Waals surface area (Å²) in [6.45, 7) is 0.867. The lowest BCUT2D eigenvalue weighted by atomic mass is 9.82. The van der Waals surface area contributed by atoms with Gasteiger partial charge in [-0.2, -0.15) is 0 Å². The molecule has 4 heteroatoms. The Morgan fingerprint density at radius 1 is 1.09 bits per heavy atom. The van der Waals surface area contributed by atoms with E-state index in [0.717, 1.165) is 37.3 Å². The lowest BCUT2D eigenvalue weighted by Crippen LogP contribution is -2.44. The fourth-order valence-electron chi connectivity index (χ4n) is 4.54. The highest BCUT2D eigenvalue weighted by molar-refractivity contribution is 5.04. The van der Waals surface area contributed by atoms with Gasteiger partial charge in [-0.15, -0.1) is 0 Å². The van der Waals surface area contributed by atoms with Crippen molar-refractivity contribution in [1.29, 1.82) is 0 Å². The molecule has 3 fully saturated rings. The molecule has 3 aliphatic rings. The summed E-state index contributed by atoms with van der Waals surface area (Å²) < 4.78 is 8.09. The Morgan fingerprint density at radius 3 is 2.73 bits per heavy atom. The minimum Gasteiger partial charge on any atom is -0.372 e. The van der Waals surface area contributed by atoms with Gasteiger partial charge in [0.25, 0.3) is 0 Å². The van der Waals surface area contributed by atoms with Crippen molar-refractivity contribution in [3.63, 3.8) is 0 Å². The first-order chi connectivity index (χ1) is 10.8. The van der Waals surface area contributed by atoms with Crippen LogP contribution in [0.3, 0.4) is 0 Å². The average Bonchev–Trinajstić information content (AvgIpc) is 3.30. The molecule has 1 aliphatic heterocycles. The van der Waals surface area contributed by atoms with Gasteiger partial charge in [0.1, 0.15) is 6.10 Å². The smallest absolute Gasteiger partial charge is 0.100 e. The summed E-state index contributed by atoms with van der Waals surface area (Å²) >= 11 is 0. The van der Waals surface area contributed by atoms with Gasteiger partial charge in [0.05, 0.1) is 18.2 Å². The van der Waals surface area contributed by atoms with Crippen LogP contribution in [0.1, 0.15) is 63.2 Å². The summed E-state index contributed by atoms with van der Waals surface area (Å²) in [5, 5.41) is 3.97. The summed E-state index contributed by atoms with van der Waals surface area (Å²) in [5.74, 6) is 2.08. The van der Waals surface area contributed by atoms with Gasteiger partial charge in [-0.1, -0.05) is 12.8 Å². The van der Waals surface area contributed by atoms with Gasteiger partial charge in [-0.25, -0.2) is 4.98 Å². The predicted octanol–water partition coefficient (Wildman–Crippen LogP) is 3.20. The molecule has 2 saturated carbocycles. The van der Waals surface area contributed by atoms with Crippen molar-refractivity contribution in [2.75, 3.05) is 6.61 Å². The standard InChI is InChI=1S/C18H29N3O/c1-21-12-19-11-17(21)18-10-16(7-8-22-18)20-15-4-2-3-14(9-15)13-5-6-13/h11-16,18,20H,2-10H2,1H3/t14-,15-,16-,18+/m1/s1. The third kappa shape index (κ3) is 3.23. The molecule has 0 amide bonds. The lowest BCUT2D eigenvalue weighted by Gasteiger charge is -2.36. The molecule has 1 aromatic rings. The Bertz CT molecular complexity index is 496. The van der Waals surface area contributed by atoms with Gasteiger partial charge in [-0.05, 0) is 50.4 Å². The van der Waals surface area contributed by atoms with Gasteiger partial charge in [-0.3, -0.25) is 0 Å². The van der Waals surface area contributed by atoms with Gasteiger partial charge < -0.3 is 14.6 Å². The van der Waals surface area contributed by atoms with Crippen molar-refractivity contribution >= 4 is 0 Å². The summed E-state index contributed by atoms with van der Waals surface area (Å²) in [5.41, 5.74) is 1.21. The van der Waals surface area contributed by atoms with Gasteiger partial charge in [0.15, 0.2) is 0 Å². The highest BCUT2D eigenvalue weighted by Gasteiger charge is 2.35. The summed E-state index contributed by atoms with van der Waals surface area (Å²) in [7, 11) is 2.06. The van der Waals surface area contributed by atoms with Crippen LogP contribution in [-0.2, 0) is 11.8 Å². The van der Waals surface area contributed by atoms with Crippen LogP contribution >= 0.6 is 0 Å². The second-order valence-corrected chi connectivity index (χ2v) is 7.64. The maximum absolute atomic E-state index is 5.99. The molecule has 22 heavy (non-hydrogen) atoms. The van der Waals surface area contributed by atoms with E-state index in [-0.39, 0.29) is 6.10 Å². The summed E-state index contributed by atoms with van der Waals surface area (Å²) in [6, 6.07) is 1.35. The Kier molecular flexibility index (Phi) is 4.23. The monoisotopic (exact) mass is 303 g/mol. The molecule has 0 radical (unpaired) electrons. The number of imidazole rings is 1. The largest absolute Gasteiger partial charge is 0.372 e. The number of hydrogen-bond donors (Lipinski definition) is 1. The van der Waals surface area contributed by atoms with E-state index in [9.17, 15) is 0 Å². The Balaban J connectivity index is 1.33. The maximum atomic E-state index is 5.99. The fraction of sp³-hybridized carbons (Fsp3) is 0.833. The van der Waals surface area contributed by atoms with E-state index in [0.29, 0.717) is 6.04 Å². The molecule has 0 aromatic carbocycles. The third-order valence-electron chi connectivity index (χ3n) is 5.94. The van der Waals surface area contributed by atoms with Gasteiger partial charge >= 0.3 is 0 Å². The molecule has 2 aliphatic carbocycles. The van der Waals surface area contributed by atoms with E-state index < -0.39 is 0 Å². The third-order valence-corrected chi connectivity index (χ3v) is 5.94. The van der Waals surface area contributed by atoms with Crippen LogP contribution in [0.5, 0.6) is 0 Å². The quantitative estimate of drug-likeness (QED) is 0.928. The second-order valence-electron chi connectivity index (χ2n) is 7.64. The molecule has 1 N–H and O–H groups in total. The molecule has 122 valence electrons. The SMILES string of the molecule is Cn1cncc1[C@@H]1C[C@H](N[C@@H]2CCC[C@@H](C3CC3)C2)CCO1. The zero-order valence-corrected chi connectivity index (χ0v) is 13.7. The van der Waals surface area contributed by atoms with E-state index in [2.05, 4.69) is 21.9 Å². The van der Waals surface area contributed by atoms with E-state index in [1.54, 1.807) is 0 Å². The van der Waals surface area contributed by atoms with Gasteiger partial charge in [0.2, 0.25) is 0 Å². The van der Waals surface area contributed by atoms with Crippen molar-refractivity contribution in [3.05, 3.63) is 18.2 Å². The molecule has 1 aromatic heterocycles. The Hall–Kier alpha value is -0.870. The number of nitrogens with zero attached hydrogens (tertiary/aromatic N) is 2. The Labute approximate surface area is 133 Å². The van der Waals surface area contributed by atoms with E-state index in [1.807, 2.05) is 12.5 Å². The first kappa shape index (κ1) is 14.7. The normalized spacial score (nSPS) is 36.4. The molecule has 4 atom stereocenters. The number of aromatic nitrogens is 2. The average molecular weight is 303 g/mol. The maximum Gasteiger partial charge on any atom is 0.100 e. The minimum absolute atomic E-state index is 0.210. The number of aryl methyl sites for hydroxylation is 1. The van der Waals surface area contributed by atoms with Crippen LogP contribution in [0.25, 0.3) is 0 Å². The molecule has 4 nitrogen and oxygen atoms in total. The second kappa shape index (κ2) is 6.32. The van der Waals surface area contributed by atoms with Crippen molar-refractivity contribution in [2.45, 2.75) is 69.6 Å². The van der Waals surface area contributed by atoms with Crippen LogP contribution in [0.15, 0.2) is 12.5 Å². The highest BCUT2D eigenvalue weighted by Crippen LogP contribution is 2.44. The molecule has 0 bridgehead atoms.